The van der Waals surface area contributed by atoms with E-state index in [0.717, 1.165) is 49.9 Å². The van der Waals surface area contributed by atoms with E-state index >= 15 is 0 Å². The Morgan fingerprint density at radius 1 is 1.35 bits per heavy atom. The fraction of sp³-hybridized carbons (Fsp3) is 0.421. The van der Waals surface area contributed by atoms with Crippen LogP contribution >= 0.6 is 23.7 Å². The molecule has 5 nitrogen and oxygen atoms in total. The Labute approximate surface area is 164 Å². The summed E-state index contributed by atoms with van der Waals surface area (Å²) in [6, 6.07) is 11.0. The lowest BCUT2D eigenvalue weighted by atomic mass is 10.1. The average Bonchev–Trinajstić information content (AvgIpc) is 2.91. The van der Waals surface area contributed by atoms with Gasteiger partial charge < -0.3 is 20.3 Å². The zero-order valence-electron chi connectivity index (χ0n) is 15.1. The Hall–Kier alpha value is -1.60. The summed E-state index contributed by atoms with van der Waals surface area (Å²) in [6.07, 6.45) is 1.02. The Kier molecular flexibility index (Phi) is 6.19. The predicted octanol–water partition coefficient (Wildman–Crippen LogP) is 3.92. The summed E-state index contributed by atoms with van der Waals surface area (Å²) in [5, 5.41) is 8.37. The first kappa shape index (κ1) is 19.2. The molecular weight excluding hydrogens is 368 g/mol. The third-order valence-electron chi connectivity index (χ3n) is 4.70. The number of aliphatic imine (C=N–C) groups is 1. The Morgan fingerprint density at radius 2 is 2.19 bits per heavy atom. The van der Waals surface area contributed by atoms with Crippen molar-refractivity contribution in [2.75, 3.05) is 38.7 Å². The third kappa shape index (κ3) is 3.88. The summed E-state index contributed by atoms with van der Waals surface area (Å²) in [4.78, 5) is 8.78. The first-order chi connectivity index (χ1) is 12.2. The molecule has 140 valence electrons. The molecule has 0 radical (unpaired) electrons. The van der Waals surface area contributed by atoms with Crippen LogP contribution < -0.4 is 10.6 Å². The summed E-state index contributed by atoms with van der Waals surface area (Å²) >= 11 is 1.80. The maximum atomic E-state index is 5.25. The molecule has 2 N–H and O–H groups in total. The Balaban J connectivity index is 0.00000196. The van der Waals surface area contributed by atoms with E-state index in [1.54, 1.807) is 18.4 Å². The van der Waals surface area contributed by atoms with Crippen molar-refractivity contribution in [3.05, 3.63) is 40.8 Å². The quantitative estimate of drug-likeness (QED) is 0.831. The molecular formula is C19H25ClN4OS. The smallest absolute Gasteiger partial charge is 0.139 e. The van der Waals surface area contributed by atoms with E-state index in [1.165, 1.54) is 15.4 Å². The van der Waals surface area contributed by atoms with Gasteiger partial charge in [-0.1, -0.05) is 12.1 Å². The number of anilines is 2. The number of piperazine rings is 1. The molecule has 1 fully saturated rings. The Morgan fingerprint density at radius 3 is 3.04 bits per heavy atom. The van der Waals surface area contributed by atoms with Gasteiger partial charge in [-0.2, -0.15) is 0 Å². The van der Waals surface area contributed by atoms with Gasteiger partial charge in [0.2, 0.25) is 0 Å². The molecule has 2 aromatic rings. The van der Waals surface area contributed by atoms with Crippen molar-refractivity contribution in [3.63, 3.8) is 0 Å². The number of nitrogens with zero attached hydrogens (tertiary/aromatic N) is 2. The van der Waals surface area contributed by atoms with Gasteiger partial charge >= 0.3 is 0 Å². The Bertz CT molecular complexity index is 792. The number of benzene rings is 1. The lowest BCUT2D eigenvalue weighted by molar-refractivity contribution is 0.168. The molecule has 0 amide bonds. The lowest BCUT2D eigenvalue weighted by Gasteiger charge is -2.35. The van der Waals surface area contributed by atoms with Gasteiger partial charge in [0.15, 0.2) is 0 Å². The van der Waals surface area contributed by atoms with Crippen molar-refractivity contribution in [2.24, 2.45) is 4.99 Å². The number of hydrogen-bond donors (Lipinski definition) is 2. The minimum Gasteiger partial charge on any atom is -0.385 e. The number of rotatable bonds is 3. The molecule has 1 aromatic heterocycles. The van der Waals surface area contributed by atoms with Crippen LogP contribution in [-0.2, 0) is 4.74 Å². The monoisotopic (exact) mass is 392 g/mol. The zero-order valence-corrected chi connectivity index (χ0v) is 16.8. The van der Waals surface area contributed by atoms with Crippen LogP contribution in [0.3, 0.4) is 0 Å². The number of aryl methyl sites for hydroxylation is 1. The SMILES string of the molecule is COCC[C@H]1CN(C2=Nc3ccccc3Nc3sc(C)cc32)CCN1.Cl. The summed E-state index contributed by atoms with van der Waals surface area (Å²) in [5.74, 6) is 1.08. The number of methoxy groups -OCH3 is 1. The van der Waals surface area contributed by atoms with Crippen LogP contribution in [0.15, 0.2) is 35.3 Å². The average molecular weight is 393 g/mol. The highest BCUT2D eigenvalue weighted by molar-refractivity contribution is 7.16. The van der Waals surface area contributed by atoms with Gasteiger partial charge in [0, 0.05) is 44.3 Å². The van der Waals surface area contributed by atoms with E-state index in [4.69, 9.17) is 9.73 Å². The highest BCUT2D eigenvalue weighted by Gasteiger charge is 2.27. The second-order valence-corrected chi connectivity index (χ2v) is 7.81. The van der Waals surface area contributed by atoms with E-state index in [1.807, 2.05) is 6.07 Å². The standard InChI is InChI=1S/C19H24N4OS.ClH/c1-13-11-15-18(23-9-8-20-14(12-23)7-10-24-2)21-16-5-3-4-6-17(16)22-19(15)25-13;/h3-6,11,14,20,22H,7-10,12H2,1-2H3;1H/t14-;/m0./s1. The lowest BCUT2D eigenvalue weighted by Crippen LogP contribution is -2.53. The number of nitrogens with one attached hydrogen (secondary N) is 2. The van der Waals surface area contributed by atoms with Gasteiger partial charge in [-0.05, 0) is 31.5 Å². The largest absolute Gasteiger partial charge is 0.385 e. The van der Waals surface area contributed by atoms with Crippen molar-refractivity contribution in [2.45, 2.75) is 19.4 Å². The molecule has 0 saturated carbocycles. The van der Waals surface area contributed by atoms with Crippen LogP contribution in [0.5, 0.6) is 0 Å². The van der Waals surface area contributed by atoms with Crippen molar-refractivity contribution in [1.29, 1.82) is 0 Å². The van der Waals surface area contributed by atoms with Crippen LogP contribution in [0.2, 0.25) is 0 Å². The summed E-state index contributed by atoms with van der Waals surface area (Å²) < 4.78 is 5.25. The van der Waals surface area contributed by atoms with Gasteiger partial charge in [0.25, 0.3) is 0 Å². The van der Waals surface area contributed by atoms with Crippen molar-refractivity contribution >= 4 is 46.0 Å². The van der Waals surface area contributed by atoms with Crippen LogP contribution in [0.4, 0.5) is 16.4 Å². The van der Waals surface area contributed by atoms with Gasteiger partial charge in [-0.3, -0.25) is 0 Å². The third-order valence-corrected chi connectivity index (χ3v) is 5.67. The molecule has 26 heavy (non-hydrogen) atoms. The summed E-state index contributed by atoms with van der Waals surface area (Å²) in [7, 11) is 1.76. The molecule has 1 saturated heterocycles. The van der Waals surface area contributed by atoms with Crippen molar-refractivity contribution in [3.8, 4) is 0 Å². The molecule has 0 bridgehead atoms. The summed E-state index contributed by atoms with van der Waals surface area (Å²) in [6.45, 7) is 5.84. The summed E-state index contributed by atoms with van der Waals surface area (Å²) in [5.41, 5.74) is 3.29. The van der Waals surface area contributed by atoms with E-state index in [0.29, 0.717) is 6.04 Å². The molecule has 0 aliphatic carbocycles. The molecule has 2 aliphatic heterocycles. The van der Waals surface area contributed by atoms with E-state index in [9.17, 15) is 0 Å². The number of fused-ring (bicyclic) bond motifs is 2. The molecule has 7 heteroatoms. The first-order valence-corrected chi connectivity index (χ1v) is 9.59. The molecule has 4 rings (SSSR count). The maximum Gasteiger partial charge on any atom is 0.139 e. The highest BCUT2D eigenvalue weighted by atomic mass is 35.5. The van der Waals surface area contributed by atoms with Crippen LogP contribution in [0.1, 0.15) is 16.9 Å². The molecule has 0 unspecified atom stereocenters. The molecule has 1 aromatic carbocycles. The number of amidine groups is 1. The zero-order chi connectivity index (χ0) is 17.2. The van der Waals surface area contributed by atoms with Gasteiger partial charge in [-0.25, -0.2) is 4.99 Å². The molecule has 1 atom stereocenters. The fourth-order valence-corrected chi connectivity index (χ4v) is 4.38. The van der Waals surface area contributed by atoms with Crippen LogP contribution in [0.25, 0.3) is 0 Å². The minimum atomic E-state index is 0. The number of para-hydroxylation sites is 2. The number of hydrogen-bond acceptors (Lipinski definition) is 6. The molecule has 0 spiro atoms. The van der Waals surface area contributed by atoms with E-state index < -0.39 is 0 Å². The predicted molar refractivity (Wildman–Crippen MR) is 112 cm³/mol. The van der Waals surface area contributed by atoms with Gasteiger partial charge in [-0.15, -0.1) is 23.7 Å². The normalized spacial score (nSPS) is 18.8. The number of thiophene rings is 1. The van der Waals surface area contributed by atoms with E-state index in [-0.39, 0.29) is 12.4 Å². The second-order valence-electron chi connectivity index (χ2n) is 6.56. The van der Waals surface area contributed by atoms with Gasteiger partial charge in [0.05, 0.1) is 16.9 Å². The minimum absolute atomic E-state index is 0. The van der Waals surface area contributed by atoms with Gasteiger partial charge in [0.1, 0.15) is 10.8 Å². The van der Waals surface area contributed by atoms with Crippen LogP contribution in [0, 0.1) is 6.92 Å². The number of ether oxygens (including phenoxy) is 1. The van der Waals surface area contributed by atoms with Crippen LogP contribution in [-0.4, -0.2) is 50.1 Å². The fourth-order valence-electron chi connectivity index (χ4n) is 3.46. The van der Waals surface area contributed by atoms with E-state index in [2.05, 4.69) is 46.7 Å². The maximum absolute atomic E-state index is 5.25. The second kappa shape index (κ2) is 8.39. The van der Waals surface area contributed by atoms with Crippen molar-refractivity contribution < 1.29 is 4.74 Å². The van der Waals surface area contributed by atoms with Crippen molar-refractivity contribution in [1.82, 2.24) is 10.2 Å². The number of halogens is 1. The topological polar surface area (TPSA) is 48.9 Å². The first-order valence-electron chi connectivity index (χ1n) is 8.77. The molecule has 2 aliphatic rings. The highest BCUT2D eigenvalue weighted by Crippen LogP contribution is 2.39. The molecule has 3 heterocycles.